The second-order valence-corrected chi connectivity index (χ2v) is 8.06. The van der Waals surface area contributed by atoms with Crippen LogP contribution in [0.5, 0.6) is 0 Å². The topological polar surface area (TPSA) is 57.4 Å². The molecule has 1 aromatic heterocycles. The Hall–Kier alpha value is -2.63. The van der Waals surface area contributed by atoms with Gasteiger partial charge >= 0.3 is 0 Å². The van der Waals surface area contributed by atoms with Crippen molar-refractivity contribution in [2.24, 2.45) is 0 Å². The van der Waals surface area contributed by atoms with Crippen molar-refractivity contribution in [2.75, 3.05) is 44.4 Å². The highest BCUT2D eigenvalue weighted by atomic mass is 15.5. The first kappa shape index (κ1) is 17.5. The normalized spacial score (nSPS) is 20.4. The first-order valence-electron chi connectivity index (χ1n) is 10.2. The van der Waals surface area contributed by atoms with E-state index in [9.17, 15) is 0 Å². The molecule has 0 bridgehead atoms. The predicted octanol–water partition coefficient (Wildman–Crippen LogP) is 3.47. The summed E-state index contributed by atoms with van der Waals surface area (Å²) in [5.41, 5.74) is 16.0. The van der Waals surface area contributed by atoms with E-state index in [2.05, 4.69) is 70.9 Å². The number of nitrogens with one attached hydrogen (secondary N) is 1. The maximum absolute atomic E-state index is 6.38. The number of rotatable bonds is 3. The number of aryl methyl sites for hydroxylation is 1. The lowest BCUT2D eigenvalue weighted by atomic mass is 9.92. The molecule has 1 atom stereocenters. The molecule has 5 heteroatoms. The lowest BCUT2D eigenvalue weighted by molar-refractivity contribution is 0.179. The van der Waals surface area contributed by atoms with Crippen LogP contribution in [0.2, 0.25) is 0 Å². The quantitative estimate of drug-likeness (QED) is 0.736. The molecule has 0 radical (unpaired) electrons. The molecule has 1 unspecified atom stereocenters. The summed E-state index contributed by atoms with van der Waals surface area (Å²) in [4.78, 5) is 7.08. The maximum Gasteiger partial charge on any atom is 0.127 e. The highest BCUT2D eigenvalue weighted by molar-refractivity contribution is 5.85. The zero-order chi connectivity index (χ0) is 19.1. The molecule has 144 valence electrons. The van der Waals surface area contributed by atoms with Crippen molar-refractivity contribution in [1.29, 1.82) is 0 Å². The smallest absolute Gasteiger partial charge is 0.127 e. The van der Waals surface area contributed by atoms with Gasteiger partial charge in [0.1, 0.15) is 5.82 Å². The third kappa shape index (κ3) is 3.21. The number of nitrogens with zero attached hydrogens (tertiary/aromatic N) is 3. The summed E-state index contributed by atoms with van der Waals surface area (Å²) >= 11 is 0. The van der Waals surface area contributed by atoms with Crippen molar-refractivity contribution in [2.45, 2.75) is 18.8 Å². The number of hydrogen-bond donors (Lipinski definition) is 2. The summed E-state index contributed by atoms with van der Waals surface area (Å²) in [5.74, 6) is 1.01. The maximum atomic E-state index is 6.38. The highest BCUT2D eigenvalue weighted by Gasteiger charge is 2.26. The summed E-state index contributed by atoms with van der Waals surface area (Å²) in [6.45, 7) is 4.23. The Balaban J connectivity index is 1.46. The SMILES string of the molecule is CN1CCN(Nc2ccc3nc(N)c(C4CCc5ccccc54)cc3c2)CC1. The Kier molecular flexibility index (Phi) is 4.41. The Morgan fingerprint density at radius 1 is 1.00 bits per heavy atom. The number of hydrogen-bond acceptors (Lipinski definition) is 5. The van der Waals surface area contributed by atoms with E-state index >= 15 is 0 Å². The first-order chi connectivity index (χ1) is 13.7. The lowest BCUT2D eigenvalue weighted by Gasteiger charge is -2.33. The van der Waals surface area contributed by atoms with Crippen LogP contribution >= 0.6 is 0 Å². The van der Waals surface area contributed by atoms with Gasteiger partial charge in [-0.25, -0.2) is 9.99 Å². The van der Waals surface area contributed by atoms with Crippen LogP contribution < -0.4 is 11.2 Å². The number of aromatic nitrogens is 1. The predicted molar refractivity (Wildman–Crippen MR) is 115 cm³/mol. The largest absolute Gasteiger partial charge is 0.383 e. The summed E-state index contributed by atoms with van der Waals surface area (Å²) in [5, 5.41) is 3.44. The average Bonchev–Trinajstić information content (AvgIpc) is 3.13. The molecule has 1 saturated heterocycles. The van der Waals surface area contributed by atoms with Crippen LogP contribution in [0.1, 0.15) is 29.0 Å². The number of hydrazine groups is 1. The minimum atomic E-state index is 0.349. The molecule has 0 saturated carbocycles. The molecule has 2 heterocycles. The fourth-order valence-corrected chi connectivity index (χ4v) is 4.54. The van der Waals surface area contributed by atoms with Gasteiger partial charge in [-0.15, -0.1) is 0 Å². The van der Waals surface area contributed by atoms with Crippen LogP contribution in [-0.2, 0) is 6.42 Å². The van der Waals surface area contributed by atoms with E-state index in [4.69, 9.17) is 10.7 Å². The van der Waals surface area contributed by atoms with Gasteiger partial charge in [0.05, 0.1) is 5.52 Å². The van der Waals surface area contributed by atoms with Crippen LogP contribution in [0.25, 0.3) is 10.9 Å². The Morgan fingerprint density at radius 3 is 2.68 bits per heavy atom. The number of pyridine rings is 1. The van der Waals surface area contributed by atoms with Crippen LogP contribution in [0.15, 0.2) is 48.5 Å². The summed E-state index contributed by atoms with van der Waals surface area (Å²) < 4.78 is 0. The molecule has 5 nitrogen and oxygen atoms in total. The molecular formula is C23H27N5. The standard InChI is InChI=1S/C23H27N5/c1-27-10-12-28(13-11-27)26-18-7-9-22-17(14-18)15-21(23(24)25-22)20-8-6-16-4-2-3-5-19(16)20/h2-5,7,9,14-15,20,26H,6,8,10-13H2,1H3,(H2,24,25). The van der Waals surface area contributed by atoms with Crippen LogP contribution in [0.3, 0.4) is 0 Å². The summed E-state index contributed by atoms with van der Waals surface area (Å²) in [6.07, 6.45) is 2.22. The molecule has 2 aliphatic rings. The van der Waals surface area contributed by atoms with E-state index in [1.165, 1.54) is 11.1 Å². The van der Waals surface area contributed by atoms with E-state index in [0.29, 0.717) is 11.7 Å². The first-order valence-corrected chi connectivity index (χ1v) is 10.2. The third-order valence-corrected chi connectivity index (χ3v) is 6.17. The molecule has 0 amide bonds. The van der Waals surface area contributed by atoms with Crippen molar-refractivity contribution in [3.05, 3.63) is 65.2 Å². The second-order valence-electron chi connectivity index (χ2n) is 8.06. The van der Waals surface area contributed by atoms with Gasteiger partial charge in [-0.3, -0.25) is 0 Å². The number of fused-ring (bicyclic) bond motifs is 2. The molecule has 1 aliphatic carbocycles. The van der Waals surface area contributed by atoms with E-state index in [1.54, 1.807) is 0 Å². The number of piperazine rings is 1. The molecule has 1 fully saturated rings. The Bertz CT molecular complexity index is 1010. The van der Waals surface area contributed by atoms with E-state index in [0.717, 1.165) is 61.2 Å². The van der Waals surface area contributed by atoms with Crippen molar-refractivity contribution in [1.82, 2.24) is 14.9 Å². The van der Waals surface area contributed by atoms with E-state index < -0.39 is 0 Å². The summed E-state index contributed by atoms with van der Waals surface area (Å²) in [7, 11) is 2.17. The average molecular weight is 374 g/mol. The number of benzene rings is 2. The van der Waals surface area contributed by atoms with Crippen LogP contribution in [-0.4, -0.2) is 48.1 Å². The zero-order valence-corrected chi connectivity index (χ0v) is 16.4. The van der Waals surface area contributed by atoms with Gasteiger partial charge in [0.2, 0.25) is 0 Å². The van der Waals surface area contributed by atoms with Crippen LogP contribution in [0, 0.1) is 0 Å². The Morgan fingerprint density at radius 2 is 1.82 bits per heavy atom. The lowest BCUT2D eigenvalue weighted by Crippen LogP contribution is -2.46. The van der Waals surface area contributed by atoms with Crippen molar-refractivity contribution >= 4 is 22.4 Å². The fourth-order valence-electron chi connectivity index (χ4n) is 4.54. The molecule has 5 rings (SSSR count). The Labute approximate surface area is 166 Å². The van der Waals surface area contributed by atoms with Crippen LogP contribution in [0.4, 0.5) is 11.5 Å². The van der Waals surface area contributed by atoms with Crippen molar-refractivity contribution < 1.29 is 0 Å². The molecule has 28 heavy (non-hydrogen) atoms. The zero-order valence-electron chi connectivity index (χ0n) is 16.4. The van der Waals surface area contributed by atoms with Gasteiger partial charge in [-0.1, -0.05) is 24.3 Å². The highest BCUT2D eigenvalue weighted by Crippen LogP contribution is 2.40. The van der Waals surface area contributed by atoms with Gasteiger partial charge in [-0.05, 0) is 55.3 Å². The second kappa shape index (κ2) is 7.08. The molecule has 0 spiro atoms. The van der Waals surface area contributed by atoms with Crippen molar-refractivity contribution in [3.63, 3.8) is 0 Å². The number of anilines is 2. The minimum absolute atomic E-state index is 0.349. The number of nitrogens with two attached hydrogens (primary N) is 1. The molecule has 3 aromatic rings. The van der Waals surface area contributed by atoms with Gasteiger partial charge in [0.15, 0.2) is 0 Å². The van der Waals surface area contributed by atoms with Crippen molar-refractivity contribution in [3.8, 4) is 0 Å². The summed E-state index contributed by atoms with van der Waals surface area (Å²) in [6, 6.07) is 17.3. The molecule has 1 aliphatic heterocycles. The van der Waals surface area contributed by atoms with Gasteiger partial charge < -0.3 is 16.1 Å². The minimum Gasteiger partial charge on any atom is -0.383 e. The molecule has 2 aromatic carbocycles. The third-order valence-electron chi connectivity index (χ3n) is 6.17. The van der Waals surface area contributed by atoms with E-state index in [1.807, 2.05) is 0 Å². The van der Waals surface area contributed by atoms with E-state index in [-0.39, 0.29) is 0 Å². The molecular weight excluding hydrogens is 346 g/mol. The number of nitrogen functional groups attached to an aromatic ring is 1. The van der Waals surface area contributed by atoms with Gasteiger partial charge in [-0.2, -0.15) is 0 Å². The fraction of sp³-hybridized carbons (Fsp3) is 0.348. The van der Waals surface area contributed by atoms with Gasteiger partial charge in [0, 0.05) is 48.7 Å². The number of likely N-dealkylation sites (N-methyl/N-ethyl adjacent to an activating group) is 1. The monoisotopic (exact) mass is 373 g/mol. The van der Waals surface area contributed by atoms with Gasteiger partial charge in [0.25, 0.3) is 0 Å². The molecule has 3 N–H and O–H groups in total.